The Hall–Kier alpha value is -1.79. The maximum atomic E-state index is 8.78. The first-order valence-corrected chi connectivity index (χ1v) is 6.36. The van der Waals surface area contributed by atoms with E-state index in [0.717, 1.165) is 15.8 Å². The molecule has 2 aromatic carbocycles. The lowest BCUT2D eigenvalue weighted by molar-refractivity contribution is 0.304. The zero-order valence-electron chi connectivity index (χ0n) is 9.98. The predicted molar refractivity (Wildman–Crippen MR) is 74.4 cm³/mol. The topological polar surface area (TPSA) is 33.0 Å². The van der Waals surface area contributed by atoms with Crippen molar-refractivity contribution in [2.24, 2.45) is 0 Å². The van der Waals surface area contributed by atoms with Gasteiger partial charge in [-0.05, 0) is 46.6 Å². The van der Waals surface area contributed by atoms with Gasteiger partial charge in [-0.15, -0.1) is 0 Å². The van der Waals surface area contributed by atoms with Gasteiger partial charge in [0.05, 0.1) is 16.1 Å². The van der Waals surface area contributed by atoms with Crippen molar-refractivity contribution in [2.45, 2.75) is 13.5 Å². The summed E-state index contributed by atoms with van der Waals surface area (Å²) in [4.78, 5) is 0. The van der Waals surface area contributed by atoms with E-state index in [0.29, 0.717) is 12.2 Å². The van der Waals surface area contributed by atoms with Crippen molar-refractivity contribution in [3.05, 3.63) is 63.6 Å². The van der Waals surface area contributed by atoms with Gasteiger partial charge in [-0.3, -0.25) is 0 Å². The normalized spacial score (nSPS) is 9.83. The average molecular weight is 302 g/mol. The Balaban J connectivity index is 2.06. The molecule has 0 radical (unpaired) electrons. The standard InChI is InChI=1S/C15H12BrNO/c1-11-2-4-12(5-3-11)10-18-15-7-6-13(9-17)8-14(15)16/h2-8H,10H2,1H3. The molecule has 0 aliphatic heterocycles. The molecule has 0 spiro atoms. The van der Waals surface area contributed by atoms with Crippen LogP contribution in [-0.2, 0) is 6.61 Å². The highest BCUT2D eigenvalue weighted by atomic mass is 79.9. The predicted octanol–water partition coefficient (Wildman–Crippen LogP) is 4.21. The number of aryl methyl sites for hydroxylation is 1. The third kappa shape index (κ3) is 3.12. The molecule has 90 valence electrons. The van der Waals surface area contributed by atoms with E-state index in [-0.39, 0.29) is 0 Å². The molecule has 18 heavy (non-hydrogen) atoms. The molecule has 3 heteroatoms. The summed E-state index contributed by atoms with van der Waals surface area (Å²) in [5.74, 6) is 0.745. The summed E-state index contributed by atoms with van der Waals surface area (Å²) in [6.45, 7) is 2.58. The molecular weight excluding hydrogens is 290 g/mol. The van der Waals surface area contributed by atoms with Gasteiger partial charge in [0.25, 0.3) is 0 Å². The fraction of sp³-hybridized carbons (Fsp3) is 0.133. The van der Waals surface area contributed by atoms with Crippen LogP contribution in [0.4, 0.5) is 0 Å². The fourth-order valence-corrected chi connectivity index (χ4v) is 2.03. The minimum atomic E-state index is 0.519. The molecule has 0 heterocycles. The van der Waals surface area contributed by atoms with Gasteiger partial charge < -0.3 is 4.74 Å². The van der Waals surface area contributed by atoms with Crippen LogP contribution in [0.5, 0.6) is 5.75 Å². The van der Waals surface area contributed by atoms with Crippen LogP contribution in [0, 0.1) is 18.3 Å². The summed E-state index contributed by atoms with van der Waals surface area (Å²) >= 11 is 3.40. The van der Waals surface area contributed by atoms with Crippen molar-refractivity contribution in [1.29, 1.82) is 5.26 Å². The Morgan fingerprint density at radius 3 is 2.50 bits per heavy atom. The SMILES string of the molecule is Cc1ccc(COc2ccc(C#N)cc2Br)cc1. The lowest BCUT2D eigenvalue weighted by atomic mass is 10.2. The Kier molecular flexibility index (Phi) is 4.01. The largest absolute Gasteiger partial charge is 0.488 e. The highest BCUT2D eigenvalue weighted by Gasteiger charge is 2.03. The van der Waals surface area contributed by atoms with Gasteiger partial charge in [0, 0.05) is 0 Å². The average Bonchev–Trinajstić information content (AvgIpc) is 2.39. The Labute approximate surface area is 115 Å². The molecule has 0 unspecified atom stereocenters. The summed E-state index contributed by atoms with van der Waals surface area (Å²) in [6, 6.07) is 15.6. The molecular formula is C15H12BrNO. The van der Waals surface area contributed by atoms with Crippen LogP contribution < -0.4 is 4.74 Å². The first-order valence-electron chi connectivity index (χ1n) is 5.57. The maximum Gasteiger partial charge on any atom is 0.134 e. The second-order valence-electron chi connectivity index (χ2n) is 4.03. The monoisotopic (exact) mass is 301 g/mol. The quantitative estimate of drug-likeness (QED) is 0.851. The Morgan fingerprint density at radius 2 is 1.89 bits per heavy atom. The van der Waals surface area contributed by atoms with Crippen LogP contribution in [0.3, 0.4) is 0 Å². The molecule has 0 amide bonds. The second-order valence-corrected chi connectivity index (χ2v) is 4.89. The third-order valence-electron chi connectivity index (χ3n) is 2.58. The molecule has 0 N–H and O–H groups in total. The molecule has 0 atom stereocenters. The van der Waals surface area contributed by atoms with Crippen LogP contribution in [0.25, 0.3) is 0 Å². The highest BCUT2D eigenvalue weighted by molar-refractivity contribution is 9.10. The van der Waals surface area contributed by atoms with Crippen molar-refractivity contribution < 1.29 is 4.74 Å². The first kappa shape index (κ1) is 12.7. The van der Waals surface area contributed by atoms with Gasteiger partial charge in [-0.25, -0.2) is 0 Å². The number of halogens is 1. The van der Waals surface area contributed by atoms with Crippen molar-refractivity contribution in [2.75, 3.05) is 0 Å². The lowest BCUT2D eigenvalue weighted by Gasteiger charge is -2.08. The van der Waals surface area contributed by atoms with Gasteiger partial charge in [-0.1, -0.05) is 29.8 Å². The van der Waals surface area contributed by atoms with Crippen LogP contribution in [0.2, 0.25) is 0 Å². The van der Waals surface area contributed by atoms with E-state index in [9.17, 15) is 0 Å². The zero-order valence-corrected chi connectivity index (χ0v) is 11.6. The van der Waals surface area contributed by atoms with E-state index in [1.54, 1.807) is 18.2 Å². The molecule has 2 aromatic rings. The molecule has 0 bridgehead atoms. The van der Waals surface area contributed by atoms with Crippen molar-refractivity contribution >= 4 is 15.9 Å². The number of nitrogens with zero attached hydrogens (tertiary/aromatic N) is 1. The Morgan fingerprint density at radius 1 is 1.17 bits per heavy atom. The van der Waals surface area contributed by atoms with Gasteiger partial charge in [0.2, 0.25) is 0 Å². The minimum Gasteiger partial charge on any atom is -0.488 e. The second kappa shape index (κ2) is 5.70. The van der Waals surface area contributed by atoms with Crippen LogP contribution in [0.15, 0.2) is 46.9 Å². The summed E-state index contributed by atoms with van der Waals surface area (Å²) in [7, 11) is 0. The van der Waals surface area contributed by atoms with Crippen LogP contribution in [-0.4, -0.2) is 0 Å². The molecule has 0 aliphatic carbocycles. The lowest BCUT2D eigenvalue weighted by Crippen LogP contribution is -1.96. The number of ether oxygens (including phenoxy) is 1. The molecule has 0 aromatic heterocycles. The number of nitriles is 1. The summed E-state index contributed by atoms with van der Waals surface area (Å²) in [5.41, 5.74) is 2.97. The van der Waals surface area contributed by atoms with Crippen molar-refractivity contribution in [3.8, 4) is 11.8 Å². The van der Waals surface area contributed by atoms with Gasteiger partial charge in [-0.2, -0.15) is 5.26 Å². The first-order chi connectivity index (χ1) is 8.69. The third-order valence-corrected chi connectivity index (χ3v) is 3.20. The fourth-order valence-electron chi connectivity index (χ4n) is 1.53. The van der Waals surface area contributed by atoms with Crippen molar-refractivity contribution in [1.82, 2.24) is 0 Å². The van der Waals surface area contributed by atoms with Crippen LogP contribution >= 0.6 is 15.9 Å². The molecule has 0 fully saturated rings. The number of hydrogen-bond acceptors (Lipinski definition) is 2. The number of hydrogen-bond donors (Lipinski definition) is 0. The van der Waals surface area contributed by atoms with Gasteiger partial charge >= 0.3 is 0 Å². The summed E-state index contributed by atoms with van der Waals surface area (Å²) in [5, 5.41) is 8.78. The summed E-state index contributed by atoms with van der Waals surface area (Å²) in [6.07, 6.45) is 0. The van der Waals surface area contributed by atoms with E-state index in [4.69, 9.17) is 10.00 Å². The molecule has 2 rings (SSSR count). The van der Waals surface area contributed by atoms with Crippen LogP contribution in [0.1, 0.15) is 16.7 Å². The highest BCUT2D eigenvalue weighted by Crippen LogP contribution is 2.26. The smallest absolute Gasteiger partial charge is 0.134 e. The van der Waals surface area contributed by atoms with E-state index < -0.39 is 0 Å². The number of benzene rings is 2. The number of rotatable bonds is 3. The molecule has 0 aliphatic rings. The molecule has 2 nitrogen and oxygen atoms in total. The summed E-state index contributed by atoms with van der Waals surface area (Å²) < 4.78 is 6.51. The molecule has 0 saturated carbocycles. The van der Waals surface area contributed by atoms with E-state index in [1.165, 1.54) is 5.56 Å². The van der Waals surface area contributed by atoms with E-state index >= 15 is 0 Å². The van der Waals surface area contributed by atoms with Gasteiger partial charge in [0.1, 0.15) is 12.4 Å². The minimum absolute atomic E-state index is 0.519. The zero-order chi connectivity index (χ0) is 13.0. The van der Waals surface area contributed by atoms with E-state index in [1.807, 2.05) is 12.1 Å². The Bertz CT molecular complexity index is 584. The van der Waals surface area contributed by atoms with Gasteiger partial charge in [0.15, 0.2) is 0 Å². The van der Waals surface area contributed by atoms with E-state index in [2.05, 4.69) is 41.1 Å². The molecule has 0 saturated heterocycles. The maximum absolute atomic E-state index is 8.78. The van der Waals surface area contributed by atoms with Crippen molar-refractivity contribution in [3.63, 3.8) is 0 Å².